The lowest BCUT2D eigenvalue weighted by Gasteiger charge is -2.03. The molecule has 2 amide bonds. The van der Waals surface area contributed by atoms with Crippen LogP contribution in [0.4, 0.5) is 10.5 Å². The Morgan fingerprint density at radius 3 is 2.69 bits per heavy atom. The van der Waals surface area contributed by atoms with Crippen LogP contribution >= 0.6 is 0 Å². The van der Waals surface area contributed by atoms with Gasteiger partial charge in [0.05, 0.1) is 0 Å². The number of hydrazone groups is 1. The third-order valence-corrected chi connectivity index (χ3v) is 1.87. The van der Waals surface area contributed by atoms with Crippen molar-refractivity contribution in [2.24, 2.45) is 11.0 Å². The van der Waals surface area contributed by atoms with E-state index in [2.05, 4.69) is 29.7 Å². The maximum Gasteiger partial charge on any atom is 0.339 e. The normalized spacial score (nSPS) is 10.7. The summed E-state index contributed by atoms with van der Waals surface area (Å²) in [6.45, 7) is 4.19. The molecule has 1 rings (SSSR count). The number of benzene rings is 1. The van der Waals surface area contributed by atoms with Crippen LogP contribution in [0.25, 0.3) is 0 Å². The SMILES string of the molecule is CC(C)CC=NNC(=O)Nc1ccccc1. The van der Waals surface area contributed by atoms with E-state index < -0.39 is 0 Å². The number of urea groups is 1. The van der Waals surface area contributed by atoms with Gasteiger partial charge in [0.25, 0.3) is 0 Å². The first-order chi connectivity index (χ1) is 7.68. The lowest BCUT2D eigenvalue weighted by Crippen LogP contribution is -2.24. The predicted molar refractivity (Wildman–Crippen MR) is 66.5 cm³/mol. The number of carbonyl (C=O) groups is 1. The third kappa shape index (κ3) is 5.14. The number of hydrogen-bond donors (Lipinski definition) is 2. The molecule has 86 valence electrons. The van der Waals surface area contributed by atoms with Crippen LogP contribution in [-0.2, 0) is 0 Å². The van der Waals surface area contributed by atoms with Crippen molar-refractivity contribution in [2.45, 2.75) is 20.3 Å². The van der Waals surface area contributed by atoms with Crippen LogP contribution in [-0.4, -0.2) is 12.2 Å². The molecule has 0 fully saturated rings. The molecule has 16 heavy (non-hydrogen) atoms. The van der Waals surface area contributed by atoms with Crippen molar-refractivity contribution in [3.63, 3.8) is 0 Å². The van der Waals surface area contributed by atoms with Crippen LogP contribution in [0.2, 0.25) is 0 Å². The fraction of sp³-hybridized carbons (Fsp3) is 0.333. The zero-order valence-electron chi connectivity index (χ0n) is 9.60. The summed E-state index contributed by atoms with van der Waals surface area (Å²) in [5.74, 6) is 0.544. The maximum atomic E-state index is 11.3. The van der Waals surface area contributed by atoms with Gasteiger partial charge in [0.15, 0.2) is 0 Å². The Morgan fingerprint density at radius 1 is 1.38 bits per heavy atom. The summed E-state index contributed by atoms with van der Waals surface area (Å²) >= 11 is 0. The highest BCUT2D eigenvalue weighted by atomic mass is 16.2. The minimum absolute atomic E-state index is 0.328. The number of amides is 2. The fourth-order valence-electron chi connectivity index (χ4n) is 1.05. The van der Waals surface area contributed by atoms with Crippen LogP contribution in [0.15, 0.2) is 35.4 Å². The van der Waals surface area contributed by atoms with Crippen LogP contribution in [0.3, 0.4) is 0 Å². The summed E-state index contributed by atoms with van der Waals surface area (Å²) in [5, 5.41) is 6.49. The molecule has 1 aromatic rings. The largest absolute Gasteiger partial charge is 0.339 e. The Morgan fingerprint density at radius 2 is 2.06 bits per heavy atom. The number of carbonyl (C=O) groups excluding carboxylic acids is 1. The van der Waals surface area contributed by atoms with Crippen molar-refractivity contribution in [2.75, 3.05) is 5.32 Å². The van der Waals surface area contributed by atoms with Crippen molar-refractivity contribution >= 4 is 17.9 Å². The molecule has 0 spiro atoms. The lowest BCUT2D eigenvalue weighted by molar-refractivity contribution is 0.252. The average Bonchev–Trinajstić information content (AvgIpc) is 2.25. The first-order valence-electron chi connectivity index (χ1n) is 5.32. The second-order valence-corrected chi connectivity index (χ2v) is 3.87. The number of para-hydroxylation sites is 1. The van der Waals surface area contributed by atoms with Gasteiger partial charge in [0.1, 0.15) is 0 Å². The average molecular weight is 219 g/mol. The third-order valence-electron chi connectivity index (χ3n) is 1.87. The highest BCUT2D eigenvalue weighted by Crippen LogP contribution is 2.03. The lowest BCUT2D eigenvalue weighted by atomic mass is 10.2. The van der Waals surface area contributed by atoms with E-state index in [9.17, 15) is 4.79 Å². The molecule has 0 unspecified atom stereocenters. The summed E-state index contributed by atoms with van der Waals surface area (Å²) in [5.41, 5.74) is 3.16. The van der Waals surface area contributed by atoms with Gasteiger partial charge in [-0.25, -0.2) is 10.2 Å². The summed E-state index contributed by atoms with van der Waals surface area (Å²) in [4.78, 5) is 11.3. The quantitative estimate of drug-likeness (QED) is 0.593. The van der Waals surface area contributed by atoms with Crippen molar-refractivity contribution in [1.29, 1.82) is 0 Å². The van der Waals surface area contributed by atoms with Gasteiger partial charge in [-0.1, -0.05) is 32.0 Å². The minimum atomic E-state index is -0.328. The molecule has 0 saturated carbocycles. The van der Waals surface area contributed by atoms with Crippen molar-refractivity contribution in [3.05, 3.63) is 30.3 Å². The summed E-state index contributed by atoms with van der Waals surface area (Å²) in [7, 11) is 0. The van der Waals surface area contributed by atoms with Gasteiger partial charge in [-0.15, -0.1) is 0 Å². The van der Waals surface area contributed by atoms with E-state index in [0.717, 1.165) is 12.1 Å². The predicted octanol–water partition coefficient (Wildman–Crippen LogP) is 2.84. The monoisotopic (exact) mass is 219 g/mol. The number of anilines is 1. The number of nitrogens with one attached hydrogen (secondary N) is 2. The molecule has 4 nitrogen and oxygen atoms in total. The van der Waals surface area contributed by atoms with E-state index in [1.807, 2.05) is 30.3 Å². The molecule has 2 N–H and O–H groups in total. The molecule has 0 aromatic heterocycles. The van der Waals surface area contributed by atoms with E-state index in [4.69, 9.17) is 0 Å². The zero-order valence-corrected chi connectivity index (χ0v) is 9.60. The molecule has 0 aliphatic rings. The van der Waals surface area contributed by atoms with Gasteiger partial charge in [0, 0.05) is 11.9 Å². The second kappa shape index (κ2) is 6.61. The smallest absolute Gasteiger partial charge is 0.307 e. The van der Waals surface area contributed by atoms with Crippen LogP contribution in [0, 0.1) is 5.92 Å². The van der Waals surface area contributed by atoms with Gasteiger partial charge in [-0.2, -0.15) is 5.10 Å². The number of rotatable bonds is 4. The van der Waals surface area contributed by atoms with Gasteiger partial charge in [-0.3, -0.25) is 0 Å². The van der Waals surface area contributed by atoms with Gasteiger partial charge < -0.3 is 5.32 Å². The van der Waals surface area contributed by atoms with Gasteiger partial charge in [-0.05, 0) is 24.5 Å². The maximum absolute atomic E-state index is 11.3. The summed E-state index contributed by atoms with van der Waals surface area (Å²) in [6, 6.07) is 8.92. The molecule has 0 heterocycles. The summed E-state index contributed by atoms with van der Waals surface area (Å²) in [6.07, 6.45) is 2.56. The summed E-state index contributed by atoms with van der Waals surface area (Å²) < 4.78 is 0. The molecule has 0 aliphatic heterocycles. The van der Waals surface area contributed by atoms with Crippen molar-refractivity contribution < 1.29 is 4.79 Å². The molecule has 0 radical (unpaired) electrons. The van der Waals surface area contributed by atoms with E-state index in [0.29, 0.717) is 5.92 Å². The van der Waals surface area contributed by atoms with Gasteiger partial charge >= 0.3 is 6.03 Å². The van der Waals surface area contributed by atoms with E-state index in [1.54, 1.807) is 6.21 Å². The zero-order chi connectivity index (χ0) is 11.8. The molecular formula is C12H17N3O. The first kappa shape index (κ1) is 12.2. The Kier molecular flexibility index (Phi) is 5.05. The standard InChI is InChI=1S/C12H17N3O/c1-10(2)8-9-13-15-12(16)14-11-6-4-3-5-7-11/h3-7,9-10H,8H2,1-2H3,(H2,14,15,16). The molecule has 1 aromatic carbocycles. The number of nitrogens with zero attached hydrogens (tertiary/aromatic N) is 1. The minimum Gasteiger partial charge on any atom is -0.307 e. The van der Waals surface area contributed by atoms with Gasteiger partial charge in [0.2, 0.25) is 0 Å². The molecule has 0 atom stereocenters. The first-order valence-corrected chi connectivity index (χ1v) is 5.32. The highest BCUT2D eigenvalue weighted by Gasteiger charge is 1.97. The Hall–Kier alpha value is -1.84. The van der Waals surface area contributed by atoms with E-state index in [1.165, 1.54) is 0 Å². The topological polar surface area (TPSA) is 53.5 Å². The Bertz CT molecular complexity index is 347. The Labute approximate surface area is 95.7 Å². The van der Waals surface area contributed by atoms with E-state index >= 15 is 0 Å². The van der Waals surface area contributed by atoms with Crippen molar-refractivity contribution in [3.8, 4) is 0 Å². The van der Waals surface area contributed by atoms with Crippen LogP contribution < -0.4 is 10.7 Å². The van der Waals surface area contributed by atoms with Crippen LogP contribution in [0.1, 0.15) is 20.3 Å². The molecule has 0 saturated heterocycles. The highest BCUT2D eigenvalue weighted by molar-refractivity contribution is 5.89. The van der Waals surface area contributed by atoms with Crippen molar-refractivity contribution in [1.82, 2.24) is 5.43 Å². The molecule has 4 heteroatoms. The van der Waals surface area contributed by atoms with E-state index in [-0.39, 0.29) is 6.03 Å². The number of hydrogen-bond acceptors (Lipinski definition) is 2. The molecule has 0 aliphatic carbocycles. The Balaban J connectivity index is 2.29. The fourth-order valence-corrected chi connectivity index (χ4v) is 1.05. The van der Waals surface area contributed by atoms with Crippen LogP contribution in [0.5, 0.6) is 0 Å². The molecule has 0 bridgehead atoms. The molecular weight excluding hydrogens is 202 g/mol. The second-order valence-electron chi connectivity index (χ2n) is 3.87.